The van der Waals surface area contributed by atoms with Crippen molar-refractivity contribution in [3.63, 3.8) is 0 Å². The molecule has 0 saturated carbocycles. The van der Waals surface area contributed by atoms with E-state index in [1.54, 1.807) is 54.4 Å². The highest BCUT2D eigenvalue weighted by Crippen LogP contribution is 2.41. The number of ether oxygens (including phenoxy) is 6. The second kappa shape index (κ2) is 33.2. The number of halogens is 5. The van der Waals surface area contributed by atoms with Crippen molar-refractivity contribution in [3.05, 3.63) is 151 Å². The van der Waals surface area contributed by atoms with Crippen LogP contribution in [0.15, 0.2) is 107 Å². The van der Waals surface area contributed by atoms with Gasteiger partial charge in [0.2, 0.25) is 0 Å². The number of carbonyl (C=O) groups is 2. The summed E-state index contributed by atoms with van der Waals surface area (Å²) >= 11 is 27.4. The summed E-state index contributed by atoms with van der Waals surface area (Å²) < 4.78 is 67.9. The van der Waals surface area contributed by atoms with Crippen LogP contribution in [0.1, 0.15) is 45.2 Å². The molecule has 0 bridgehead atoms. The van der Waals surface area contributed by atoms with Crippen LogP contribution in [0.4, 0.5) is 24.8 Å². The third-order valence-corrected chi connectivity index (χ3v) is 16.4. The van der Waals surface area contributed by atoms with Crippen LogP contribution >= 0.6 is 58.4 Å². The van der Waals surface area contributed by atoms with Gasteiger partial charge in [-0.25, -0.2) is 18.5 Å². The largest absolute Gasteiger partial charge is 0.378 e. The van der Waals surface area contributed by atoms with E-state index in [1.807, 2.05) is 31.3 Å². The number of amides is 4. The van der Waals surface area contributed by atoms with Gasteiger partial charge < -0.3 is 59.5 Å². The molecule has 2 heterocycles. The zero-order valence-electron chi connectivity index (χ0n) is 44.8. The van der Waals surface area contributed by atoms with E-state index in [1.165, 1.54) is 17.2 Å². The Kier molecular flexibility index (Phi) is 26.3. The van der Waals surface area contributed by atoms with Crippen LogP contribution in [-0.2, 0) is 52.0 Å². The monoisotopic (exact) mass is 1220 g/mol. The summed E-state index contributed by atoms with van der Waals surface area (Å²) in [5.41, 5.74) is 7.42. The predicted molar refractivity (Wildman–Crippen MR) is 318 cm³/mol. The number of carbonyl (C=O) groups excluding carboxylic acids is 2. The Morgan fingerprint density at radius 1 is 0.562 bits per heavy atom. The van der Waals surface area contributed by atoms with E-state index in [4.69, 9.17) is 74.8 Å². The molecule has 2 atom stereocenters. The van der Waals surface area contributed by atoms with Gasteiger partial charge in [-0.3, -0.25) is 4.72 Å². The van der Waals surface area contributed by atoms with Gasteiger partial charge >= 0.3 is 12.1 Å². The second-order valence-electron chi connectivity index (χ2n) is 19.0. The summed E-state index contributed by atoms with van der Waals surface area (Å²) in [6.45, 7) is 8.45. The molecule has 5 aromatic rings. The van der Waals surface area contributed by atoms with Crippen LogP contribution in [0, 0.1) is 0 Å². The van der Waals surface area contributed by atoms with E-state index in [2.05, 4.69) is 71.8 Å². The summed E-state index contributed by atoms with van der Waals surface area (Å²) in [7, 11) is -0.267. The summed E-state index contributed by atoms with van der Waals surface area (Å²) in [6, 6.07) is 28.7. The molecule has 80 heavy (non-hydrogen) atoms. The number of fused-ring (bicyclic) bond motifs is 2. The molecule has 17 nitrogen and oxygen atoms in total. The van der Waals surface area contributed by atoms with Crippen molar-refractivity contribution in [2.75, 3.05) is 143 Å². The maximum Gasteiger partial charge on any atom is 0.319 e. The molecule has 436 valence electrons. The molecule has 24 heteroatoms. The smallest absolute Gasteiger partial charge is 0.319 e. The average molecular weight is 1230 g/mol. The van der Waals surface area contributed by atoms with Gasteiger partial charge in [-0.2, -0.15) is 0 Å². The number of anilines is 2. The number of rotatable bonds is 32. The lowest BCUT2D eigenvalue weighted by atomic mass is 9.85. The van der Waals surface area contributed by atoms with E-state index >= 15 is 3.89 Å². The third-order valence-electron chi connectivity index (χ3n) is 12.9. The Balaban J connectivity index is 0.626. The molecule has 2 unspecified atom stereocenters. The average Bonchev–Trinajstić information content (AvgIpc) is 3.51. The van der Waals surface area contributed by atoms with Gasteiger partial charge in [0.05, 0.1) is 94.7 Å². The molecule has 7 rings (SSSR count). The van der Waals surface area contributed by atoms with Crippen LogP contribution in [-0.4, -0.2) is 159 Å². The van der Waals surface area contributed by atoms with Crippen molar-refractivity contribution in [2.24, 2.45) is 0 Å². The quantitative estimate of drug-likeness (QED) is 0.00936. The van der Waals surface area contributed by atoms with Gasteiger partial charge in [0.15, 0.2) is 0 Å². The Morgan fingerprint density at radius 3 is 1.48 bits per heavy atom. The molecule has 0 aliphatic carbocycles. The number of benzene rings is 5. The molecule has 0 spiro atoms. The number of hydrogen-bond acceptors (Lipinski definition) is 13. The Hall–Kier alpha value is -4.17. The van der Waals surface area contributed by atoms with Gasteiger partial charge in [-0.05, 0) is 132 Å². The minimum absolute atomic E-state index is 0.0428. The van der Waals surface area contributed by atoms with Crippen molar-refractivity contribution >= 4 is 92.3 Å². The molecule has 6 N–H and O–H groups in total. The number of likely N-dealkylation sites (N-methyl/N-ethyl adjacent to an activating group) is 2. The van der Waals surface area contributed by atoms with Crippen LogP contribution in [0.5, 0.6) is 0 Å². The first-order valence-electron chi connectivity index (χ1n) is 26.4. The molecule has 2 aliphatic rings. The van der Waals surface area contributed by atoms with Crippen LogP contribution in [0.25, 0.3) is 0 Å². The minimum atomic E-state index is -4.37. The van der Waals surface area contributed by atoms with E-state index in [0.29, 0.717) is 110 Å². The fraction of sp³-hybridized carbons (Fsp3) is 0.429. The first-order valence-corrected chi connectivity index (χ1v) is 30.3. The highest BCUT2D eigenvalue weighted by atomic mass is 35.5. The SMILES string of the molecule is CN1Cc2c(Cl)cc(Cl)cc2C(c2cccc(SNCCOCCOCCOCCNC(=O)Nc3ccc(NC(=O)NCCOCCOCCOCCN[SH](=O)(F)c4cccc(C5CN(C)Cc6c(Cl)cc(Cl)cc65)c4)cc3)c2)C1. The lowest BCUT2D eigenvalue weighted by Gasteiger charge is -2.33. The van der Waals surface area contributed by atoms with Crippen molar-refractivity contribution in [1.29, 1.82) is 0 Å². The van der Waals surface area contributed by atoms with Crippen LogP contribution < -0.4 is 30.7 Å². The molecular weight excluding hydrogens is 1150 g/mol. The molecule has 0 fully saturated rings. The summed E-state index contributed by atoms with van der Waals surface area (Å²) in [6.07, 6.45) is 0. The second-order valence-corrected chi connectivity index (χ2v) is 23.6. The highest BCUT2D eigenvalue weighted by molar-refractivity contribution is 7.97. The van der Waals surface area contributed by atoms with Crippen molar-refractivity contribution in [1.82, 2.24) is 29.9 Å². The summed E-state index contributed by atoms with van der Waals surface area (Å²) in [5.74, 6) is 0.0704. The van der Waals surface area contributed by atoms with Crippen molar-refractivity contribution < 1.29 is 46.1 Å². The molecule has 0 aromatic heterocycles. The lowest BCUT2D eigenvalue weighted by Crippen LogP contribution is -2.32. The number of nitrogens with zero attached hydrogens (tertiary/aromatic N) is 2. The molecular formula is C56H71Cl4FN8O9S2. The number of urea groups is 2. The summed E-state index contributed by atoms with van der Waals surface area (Å²) in [5, 5.41) is 13.4. The van der Waals surface area contributed by atoms with E-state index in [-0.39, 0.29) is 62.3 Å². The maximum atomic E-state index is 15.5. The normalized spacial score (nSPS) is 15.7. The molecule has 2 aliphatic heterocycles. The fourth-order valence-electron chi connectivity index (χ4n) is 9.12. The highest BCUT2D eigenvalue weighted by Gasteiger charge is 2.29. The van der Waals surface area contributed by atoms with E-state index < -0.39 is 16.5 Å². The zero-order valence-corrected chi connectivity index (χ0v) is 49.6. The standard InChI is InChI=1S/C56H71Cl4FN8O9S2/c1-68-35-49(47-31-41(57)33-53(59)51(47)37-68)39-5-3-7-45(29-39)79-64-15-19-75-23-27-77-25-21-73-17-13-62-55(70)66-43-9-11-44(12-10-43)67-56(71)63-14-18-74-22-26-78-28-24-76-20-16-65-80(61,72)46-8-4-6-40(30-46)50-36-69(2)38-52-48(50)32-42(58)34-54(52)60/h3-12,29-34,49-50,64,80H,13-28,35-38H2,1-2H3,(H,65,72)(H2,62,66,70)(H2,63,67,71). The molecule has 4 amide bonds. The van der Waals surface area contributed by atoms with Gasteiger partial charge in [0.1, 0.15) is 0 Å². The third kappa shape index (κ3) is 20.6. The minimum Gasteiger partial charge on any atom is -0.378 e. The summed E-state index contributed by atoms with van der Waals surface area (Å²) in [4.78, 5) is 30.4. The lowest BCUT2D eigenvalue weighted by molar-refractivity contribution is 0.0165. The van der Waals surface area contributed by atoms with Crippen LogP contribution in [0.3, 0.4) is 0 Å². The number of nitrogens with one attached hydrogen (secondary N) is 6. The zero-order chi connectivity index (χ0) is 56.7. The van der Waals surface area contributed by atoms with Gasteiger partial charge in [0.25, 0.3) is 0 Å². The molecule has 0 radical (unpaired) electrons. The Morgan fingerprint density at radius 2 is 0.988 bits per heavy atom. The number of thiol groups is 1. The Labute approximate surface area is 493 Å². The Bertz CT molecular complexity index is 2840. The molecule has 0 saturated heterocycles. The molecule has 5 aromatic carbocycles. The van der Waals surface area contributed by atoms with Crippen molar-refractivity contribution in [2.45, 2.75) is 34.7 Å². The van der Waals surface area contributed by atoms with Crippen molar-refractivity contribution in [3.8, 4) is 0 Å². The maximum absolute atomic E-state index is 15.5. The number of hydrogen-bond donors (Lipinski definition) is 7. The first kappa shape index (κ1) is 63.4. The van der Waals surface area contributed by atoms with Gasteiger partial charge in [-0.1, -0.05) is 70.7 Å². The van der Waals surface area contributed by atoms with Gasteiger partial charge in [0, 0.05) is 101 Å². The topological polar surface area (TPSA) is 185 Å². The van der Waals surface area contributed by atoms with E-state index in [0.717, 1.165) is 40.2 Å². The van der Waals surface area contributed by atoms with Gasteiger partial charge in [-0.15, -0.1) is 3.89 Å². The predicted octanol–water partition coefficient (Wildman–Crippen LogP) is 9.56. The van der Waals surface area contributed by atoms with Crippen LogP contribution in [0.2, 0.25) is 20.1 Å². The fourth-order valence-corrected chi connectivity index (χ4v) is 12.1. The first-order chi connectivity index (χ1) is 38.7. The van der Waals surface area contributed by atoms with E-state index in [9.17, 15) is 13.8 Å².